The van der Waals surface area contributed by atoms with Crippen LogP contribution in [0.5, 0.6) is 0 Å². The quantitative estimate of drug-likeness (QED) is 0.751. The molecule has 9 heteroatoms. The molecule has 3 aliphatic rings. The third-order valence-electron chi connectivity index (χ3n) is 4.80. The summed E-state index contributed by atoms with van der Waals surface area (Å²) >= 11 is 0. The standard InChI is InChI=1S/C16H13N7O2/c24-16(5-6-16)14-19-15(20-25-14)22-9-18-13-10-3-1-2-4-11(10)21-8-17-7-12(21)23(13)22/h1-4,7-8,24H,5-6,9H2. The Balaban J connectivity index is 1.47. The first-order chi connectivity index (χ1) is 12.2. The highest BCUT2D eigenvalue weighted by Gasteiger charge is 2.48. The van der Waals surface area contributed by atoms with Gasteiger partial charge in [0.1, 0.15) is 18.6 Å². The van der Waals surface area contributed by atoms with E-state index >= 15 is 0 Å². The van der Waals surface area contributed by atoms with Crippen LogP contribution < -0.4 is 10.0 Å². The highest BCUT2D eigenvalue weighted by molar-refractivity contribution is 6.16. The van der Waals surface area contributed by atoms with Crippen molar-refractivity contribution in [3.8, 4) is 5.69 Å². The molecular formula is C16H13N7O2. The zero-order valence-corrected chi connectivity index (χ0v) is 13.1. The molecule has 0 atom stereocenters. The summed E-state index contributed by atoms with van der Waals surface area (Å²) in [6, 6.07) is 8.05. The van der Waals surface area contributed by atoms with Crippen LogP contribution in [0.25, 0.3) is 5.69 Å². The van der Waals surface area contributed by atoms with Crippen LogP contribution in [0.3, 0.4) is 0 Å². The van der Waals surface area contributed by atoms with Gasteiger partial charge in [-0.2, -0.15) is 4.98 Å². The minimum Gasteiger partial charge on any atom is -0.380 e. The van der Waals surface area contributed by atoms with Crippen LogP contribution in [-0.4, -0.2) is 37.3 Å². The number of hydrogen-bond acceptors (Lipinski definition) is 8. The lowest BCUT2D eigenvalue weighted by Gasteiger charge is -2.33. The van der Waals surface area contributed by atoms with Gasteiger partial charge in [0.15, 0.2) is 11.7 Å². The number of benzene rings is 1. The number of imidazole rings is 1. The van der Waals surface area contributed by atoms with E-state index in [4.69, 9.17) is 4.52 Å². The lowest BCUT2D eigenvalue weighted by molar-refractivity contribution is 0.108. The number of fused-ring (bicyclic) bond motifs is 6. The first-order valence-electron chi connectivity index (χ1n) is 8.05. The highest BCUT2D eigenvalue weighted by Crippen LogP contribution is 2.45. The van der Waals surface area contributed by atoms with Gasteiger partial charge in [0, 0.05) is 5.56 Å². The maximum absolute atomic E-state index is 10.2. The number of rotatable bonds is 2. The number of aromatic nitrogens is 4. The van der Waals surface area contributed by atoms with Crippen molar-refractivity contribution in [2.75, 3.05) is 16.7 Å². The molecule has 0 spiro atoms. The largest absolute Gasteiger partial charge is 0.380 e. The van der Waals surface area contributed by atoms with Gasteiger partial charge in [0.2, 0.25) is 0 Å². The van der Waals surface area contributed by atoms with E-state index in [9.17, 15) is 5.11 Å². The van der Waals surface area contributed by atoms with E-state index in [2.05, 4.69) is 20.1 Å². The summed E-state index contributed by atoms with van der Waals surface area (Å²) < 4.78 is 7.27. The average molecular weight is 335 g/mol. The normalized spacial score (nSPS) is 19.3. The van der Waals surface area contributed by atoms with Crippen molar-refractivity contribution in [2.24, 2.45) is 4.99 Å². The first-order valence-corrected chi connectivity index (χ1v) is 8.05. The first kappa shape index (κ1) is 13.1. The van der Waals surface area contributed by atoms with Gasteiger partial charge >= 0.3 is 0 Å². The molecule has 2 aromatic heterocycles. The van der Waals surface area contributed by atoms with Crippen molar-refractivity contribution in [3.05, 3.63) is 48.2 Å². The second kappa shape index (κ2) is 4.25. The van der Waals surface area contributed by atoms with Gasteiger partial charge in [-0.05, 0) is 30.1 Å². The molecule has 9 nitrogen and oxygen atoms in total. The van der Waals surface area contributed by atoms with Crippen LogP contribution >= 0.6 is 0 Å². The lowest BCUT2D eigenvalue weighted by Crippen LogP contribution is -2.46. The molecule has 25 heavy (non-hydrogen) atoms. The number of para-hydroxylation sites is 1. The summed E-state index contributed by atoms with van der Waals surface area (Å²) in [4.78, 5) is 13.3. The second-order valence-electron chi connectivity index (χ2n) is 6.40. The smallest absolute Gasteiger partial charge is 0.287 e. The molecular weight excluding hydrogens is 322 g/mol. The molecule has 1 N–H and O–H groups in total. The Morgan fingerprint density at radius 1 is 1.20 bits per heavy atom. The molecule has 0 amide bonds. The van der Waals surface area contributed by atoms with Crippen LogP contribution in [0.15, 0.2) is 46.3 Å². The van der Waals surface area contributed by atoms with Gasteiger partial charge in [-0.25, -0.2) is 20.0 Å². The topological polar surface area (TPSA) is 95.8 Å². The lowest BCUT2D eigenvalue weighted by atomic mass is 10.1. The monoisotopic (exact) mass is 335 g/mol. The zero-order valence-electron chi connectivity index (χ0n) is 13.1. The molecule has 1 aliphatic carbocycles. The van der Waals surface area contributed by atoms with Gasteiger partial charge in [0.25, 0.3) is 11.8 Å². The maximum atomic E-state index is 10.2. The molecule has 0 radical (unpaired) electrons. The van der Waals surface area contributed by atoms with Crippen LogP contribution in [0.2, 0.25) is 0 Å². The van der Waals surface area contributed by atoms with Crippen LogP contribution in [0.4, 0.5) is 11.8 Å². The van der Waals surface area contributed by atoms with E-state index in [1.807, 2.05) is 38.9 Å². The van der Waals surface area contributed by atoms with Crippen molar-refractivity contribution >= 4 is 17.6 Å². The third kappa shape index (κ3) is 1.65. The van der Waals surface area contributed by atoms with Crippen LogP contribution in [0, 0.1) is 0 Å². The Bertz CT molecular complexity index is 1030. The summed E-state index contributed by atoms with van der Waals surface area (Å²) in [6.07, 6.45) is 4.86. The predicted molar refractivity (Wildman–Crippen MR) is 87.4 cm³/mol. The van der Waals surface area contributed by atoms with Crippen molar-refractivity contribution in [3.63, 3.8) is 0 Å². The van der Waals surface area contributed by atoms with Crippen molar-refractivity contribution in [1.82, 2.24) is 19.7 Å². The van der Waals surface area contributed by atoms with Crippen LogP contribution in [0.1, 0.15) is 24.3 Å². The van der Waals surface area contributed by atoms with Gasteiger partial charge in [-0.15, -0.1) is 0 Å². The van der Waals surface area contributed by atoms with Gasteiger partial charge in [-0.1, -0.05) is 12.1 Å². The minimum absolute atomic E-state index is 0.266. The molecule has 2 aliphatic heterocycles. The number of hydrazine groups is 1. The Kier molecular flexibility index (Phi) is 2.23. The maximum Gasteiger partial charge on any atom is 0.287 e. The SMILES string of the molecule is OC1(c2nc(N3CN=C4c5ccccc5-n5cncc5N43)no2)CC1. The zero-order chi connectivity index (χ0) is 16.6. The molecule has 0 unspecified atom stereocenters. The molecule has 0 saturated heterocycles. The van der Waals surface area contributed by atoms with E-state index < -0.39 is 5.60 Å². The second-order valence-corrected chi connectivity index (χ2v) is 6.40. The van der Waals surface area contributed by atoms with E-state index in [-0.39, 0.29) is 5.89 Å². The fraction of sp³-hybridized carbons (Fsp3) is 0.250. The molecule has 4 heterocycles. The number of anilines is 2. The summed E-state index contributed by atoms with van der Waals surface area (Å²) in [5.41, 5.74) is 1.10. The van der Waals surface area contributed by atoms with Crippen molar-refractivity contribution < 1.29 is 9.63 Å². The molecule has 124 valence electrons. The van der Waals surface area contributed by atoms with E-state index in [0.29, 0.717) is 25.5 Å². The summed E-state index contributed by atoms with van der Waals surface area (Å²) in [6.45, 7) is 0.367. The Hall–Kier alpha value is -3.20. The fourth-order valence-electron chi connectivity index (χ4n) is 3.31. The summed E-state index contributed by atoms with van der Waals surface area (Å²) in [5, 5.41) is 18.0. The molecule has 6 rings (SSSR count). The Morgan fingerprint density at radius 3 is 2.96 bits per heavy atom. The molecule has 0 bridgehead atoms. The minimum atomic E-state index is -0.953. The summed E-state index contributed by atoms with van der Waals surface area (Å²) in [5.74, 6) is 2.31. The van der Waals surface area contributed by atoms with E-state index in [0.717, 1.165) is 22.9 Å². The van der Waals surface area contributed by atoms with Crippen LogP contribution in [-0.2, 0) is 5.60 Å². The fourth-order valence-corrected chi connectivity index (χ4v) is 3.31. The highest BCUT2D eigenvalue weighted by atomic mass is 16.5. The third-order valence-corrected chi connectivity index (χ3v) is 4.80. The molecule has 3 aromatic rings. The number of hydrogen-bond donors (Lipinski definition) is 1. The number of aliphatic hydroxyl groups is 1. The Morgan fingerprint density at radius 2 is 2.08 bits per heavy atom. The Labute approximate surface area is 141 Å². The number of aliphatic imine (C=N–C) groups is 1. The van der Waals surface area contributed by atoms with Gasteiger partial charge in [-0.3, -0.25) is 4.57 Å². The van der Waals surface area contributed by atoms with Gasteiger partial charge < -0.3 is 9.63 Å². The van der Waals surface area contributed by atoms with E-state index in [1.54, 1.807) is 12.5 Å². The molecule has 1 saturated carbocycles. The molecule has 1 aromatic carbocycles. The molecule has 1 fully saturated rings. The number of nitrogens with zero attached hydrogens (tertiary/aromatic N) is 7. The predicted octanol–water partition coefficient (Wildman–Crippen LogP) is 1.20. The summed E-state index contributed by atoms with van der Waals surface area (Å²) in [7, 11) is 0. The van der Waals surface area contributed by atoms with Crippen molar-refractivity contribution in [1.29, 1.82) is 0 Å². The van der Waals surface area contributed by atoms with E-state index in [1.165, 1.54) is 0 Å². The number of amidine groups is 1. The average Bonchev–Trinajstić information content (AvgIpc) is 3.12. The van der Waals surface area contributed by atoms with Gasteiger partial charge in [0.05, 0.1) is 11.9 Å². The van der Waals surface area contributed by atoms with Crippen molar-refractivity contribution in [2.45, 2.75) is 18.4 Å².